The van der Waals surface area contributed by atoms with E-state index in [0.717, 1.165) is 19.6 Å². The molecule has 1 atom stereocenters. The quantitative estimate of drug-likeness (QED) is 0.707. The van der Waals surface area contributed by atoms with Crippen LogP contribution in [0.3, 0.4) is 0 Å². The number of hydrogen-bond donors (Lipinski definition) is 1. The van der Waals surface area contributed by atoms with Crippen LogP contribution in [-0.2, 0) is 4.74 Å². The van der Waals surface area contributed by atoms with Crippen LogP contribution in [-0.4, -0.2) is 19.2 Å². The Balaban J connectivity index is 2.60. The fraction of sp³-hybridized carbons (Fsp3) is 0.625. The highest BCUT2D eigenvalue weighted by Gasteiger charge is 2.12. The summed E-state index contributed by atoms with van der Waals surface area (Å²) in [4.78, 5) is 0. The fourth-order valence-corrected chi connectivity index (χ4v) is 1.77. The van der Waals surface area contributed by atoms with E-state index in [-0.39, 0.29) is 6.10 Å². The standard InChI is InChI=1S/C16H27NO/c1-5-6-11-18-16(12-17-13(2)3)15-9-7-14(4)8-10-15/h7-10,13,16-17H,5-6,11-12H2,1-4H3. The van der Waals surface area contributed by atoms with Crippen molar-refractivity contribution in [2.45, 2.75) is 52.7 Å². The van der Waals surface area contributed by atoms with Gasteiger partial charge in [0.05, 0.1) is 6.10 Å². The van der Waals surface area contributed by atoms with Crippen molar-refractivity contribution in [3.8, 4) is 0 Å². The molecule has 0 saturated heterocycles. The predicted octanol–water partition coefficient (Wildman–Crippen LogP) is 3.85. The van der Waals surface area contributed by atoms with Crippen LogP contribution in [0.4, 0.5) is 0 Å². The van der Waals surface area contributed by atoms with Crippen LogP contribution >= 0.6 is 0 Å². The number of benzene rings is 1. The number of nitrogens with one attached hydrogen (secondary N) is 1. The molecule has 1 rings (SSSR count). The highest BCUT2D eigenvalue weighted by Crippen LogP contribution is 2.18. The van der Waals surface area contributed by atoms with Gasteiger partial charge < -0.3 is 10.1 Å². The number of rotatable bonds is 8. The van der Waals surface area contributed by atoms with Crippen LogP contribution in [0.25, 0.3) is 0 Å². The Bertz CT molecular complexity index is 318. The second-order valence-electron chi connectivity index (χ2n) is 5.19. The van der Waals surface area contributed by atoms with E-state index in [1.807, 2.05) is 0 Å². The third-order valence-electron chi connectivity index (χ3n) is 2.98. The Labute approximate surface area is 112 Å². The molecule has 1 aromatic carbocycles. The molecule has 0 heterocycles. The largest absolute Gasteiger partial charge is 0.372 e. The Hall–Kier alpha value is -0.860. The van der Waals surface area contributed by atoms with Crippen molar-refractivity contribution in [2.75, 3.05) is 13.2 Å². The minimum absolute atomic E-state index is 0.166. The molecule has 2 nitrogen and oxygen atoms in total. The van der Waals surface area contributed by atoms with Gasteiger partial charge in [-0.05, 0) is 18.9 Å². The van der Waals surface area contributed by atoms with Crippen molar-refractivity contribution in [3.63, 3.8) is 0 Å². The monoisotopic (exact) mass is 249 g/mol. The predicted molar refractivity (Wildman–Crippen MR) is 77.9 cm³/mol. The molecular weight excluding hydrogens is 222 g/mol. The lowest BCUT2D eigenvalue weighted by atomic mass is 10.1. The van der Waals surface area contributed by atoms with Crippen LogP contribution in [0.15, 0.2) is 24.3 Å². The van der Waals surface area contributed by atoms with Gasteiger partial charge in [-0.1, -0.05) is 57.0 Å². The molecule has 0 spiro atoms. The number of ether oxygens (including phenoxy) is 1. The van der Waals surface area contributed by atoms with E-state index in [4.69, 9.17) is 4.74 Å². The van der Waals surface area contributed by atoms with Crippen LogP contribution in [0.1, 0.15) is 50.8 Å². The molecule has 0 aliphatic rings. The second kappa shape index (κ2) is 8.28. The van der Waals surface area contributed by atoms with Gasteiger partial charge in [-0.25, -0.2) is 0 Å². The van der Waals surface area contributed by atoms with E-state index in [1.165, 1.54) is 17.5 Å². The average molecular weight is 249 g/mol. The smallest absolute Gasteiger partial charge is 0.0949 e. The van der Waals surface area contributed by atoms with Gasteiger partial charge in [0, 0.05) is 19.2 Å². The van der Waals surface area contributed by atoms with Gasteiger partial charge in [-0.2, -0.15) is 0 Å². The summed E-state index contributed by atoms with van der Waals surface area (Å²) < 4.78 is 6.00. The van der Waals surface area contributed by atoms with Gasteiger partial charge in [0.2, 0.25) is 0 Å². The van der Waals surface area contributed by atoms with Gasteiger partial charge >= 0.3 is 0 Å². The van der Waals surface area contributed by atoms with Crippen molar-refractivity contribution < 1.29 is 4.74 Å². The molecule has 0 aliphatic heterocycles. The molecule has 0 aliphatic carbocycles. The second-order valence-corrected chi connectivity index (χ2v) is 5.19. The topological polar surface area (TPSA) is 21.3 Å². The van der Waals surface area contributed by atoms with E-state index >= 15 is 0 Å². The molecule has 18 heavy (non-hydrogen) atoms. The first-order valence-electron chi connectivity index (χ1n) is 7.05. The first kappa shape index (κ1) is 15.2. The van der Waals surface area contributed by atoms with Gasteiger partial charge in [0.25, 0.3) is 0 Å². The molecule has 0 aromatic heterocycles. The van der Waals surface area contributed by atoms with Crippen molar-refractivity contribution in [1.29, 1.82) is 0 Å². The maximum absolute atomic E-state index is 6.00. The summed E-state index contributed by atoms with van der Waals surface area (Å²) in [7, 11) is 0. The van der Waals surface area contributed by atoms with E-state index in [9.17, 15) is 0 Å². The average Bonchev–Trinajstić information content (AvgIpc) is 2.34. The van der Waals surface area contributed by atoms with E-state index < -0.39 is 0 Å². The minimum atomic E-state index is 0.166. The number of aryl methyl sites for hydroxylation is 1. The first-order valence-corrected chi connectivity index (χ1v) is 7.05. The van der Waals surface area contributed by atoms with E-state index in [1.54, 1.807) is 0 Å². The van der Waals surface area contributed by atoms with Crippen LogP contribution < -0.4 is 5.32 Å². The molecular formula is C16H27NO. The third kappa shape index (κ3) is 5.65. The lowest BCUT2D eigenvalue weighted by Crippen LogP contribution is -2.29. The molecule has 2 heteroatoms. The molecule has 0 amide bonds. The SMILES string of the molecule is CCCCOC(CNC(C)C)c1ccc(C)cc1. The van der Waals surface area contributed by atoms with Gasteiger partial charge in [0.15, 0.2) is 0 Å². The highest BCUT2D eigenvalue weighted by molar-refractivity contribution is 5.23. The summed E-state index contributed by atoms with van der Waals surface area (Å²) in [5, 5.41) is 3.46. The molecule has 0 fully saturated rings. The maximum atomic E-state index is 6.00. The summed E-state index contributed by atoms with van der Waals surface area (Å²) in [6, 6.07) is 9.15. The van der Waals surface area contributed by atoms with Gasteiger partial charge in [-0.15, -0.1) is 0 Å². The number of unbranched alkanes of at least 4 members (excludes halogenated alkanes) is 1. The van der Waals surface area contributed by atoms with Crippen LogP contribution in [0.5, 0.6) is 0 Å². The van der Waals surface area contributed by atoms with E-state index in [2.05, 4.69) is 57.3 Å². The fourth-order valence-electron chi connectivity index (χ4n) is 1.77. The van der Waals surface area contributed by atoms with Crippen LogP contribution in [0, 0.1) is 6.92 Å². The van der Waals surface area contributed by atoms with Gasteiger partial charge in [-0.3, -0.25) is 0 Å². The highest BCUT2D eigenvalue weighted by atomic mass is 16.5. The Morgan fingerprint density at radius 3 is 2.39 bits per heavy atom. The third-order valence-corrected chi connectivity index (χ3v) is 2.98. The Morgan fingerprint density at radius 2 is 1.83 bits per heavy atom. The lowest BCUT2D eigenvalue weighted by molar-refractivity contribution is 0.0494. The first-order chi connectivity index (χ1) is 8.63. The molecule has 1 N–H and O–H groups in total. The summed E-state index contributed by atoms with van der Waals surface area (Å²) in [5.74, 6) is 0. The zero-order valence-corrected chi connectivity index (χ0v) is 12.2. The zero-order chi connectivity index (χ0) is 13.4. The van der Waals surface area contributed by atoms with Crippen molar-refractivity contribution in [2.24, 2.45) is 0 Å². The summed E-state index contributed by atoms with van der Waals surface area (Å²) in [6.07, 6.45) is 2.47. The summed E-state index contributed by atoms with van der Waals surface area (Å²) in [6.45, 7) is 10.4. The molecule has 0 saturated carbocycles. The summed E-state index contributed by atoms with van der Waals surface area (Å²) in [5.41, 5.74) is 2.56. The lowest BCUT2D eigenvalue weighted by Gasteiger charge is -2.20. The van der Waals surface area contributed by atoms with Crippen molar-refractivity contribution in [3.05, 3.63) is 35.4 Å². The Morgan fingerprint density at radius 1 is 1.17 bits per heavy atom. The molecule has 0 radical (unpaired) electrons. The Kier molecular flexibility index (Phi) is 6.99. The molecule has 102 valence electrons. The van der Waals surface area contributed by atoms with Crippen molar-refractivity contribution in [1.82, 2.24) is 5.32 Å². The van der Waals surface area contributed by atoms with E-state index in [0.29, 0.717) is 6.04 Å². The normalized spacial score (nSPS) is 12.9. The van der Waals surface area contributed by atoms with Crippen LogP contribution in [0.2, 0.25) is 0 Å². The minimum Gasteiger partial charge on any atom is -0.372 e. The zero-order valence-electron chi connectivity index (χ0n) is 12.2. The molecule has 1 aromatic rings. The maximum Gasteiger partial charge on any atom is 0.0949 e. The number of hydrogen-bond acceptors (Lipinski definition) is 2. The molecule has 0 bridgehead atoms. The van der Waals surface area contributed by atoms with Gasteiger partial charge in [0.1, 0.15) is 0 Å². The van der Waals surface area contributed by atoms with Crippen molar-refractivity contribution >= 4 is 0 Å². The summed E-state index contributed by atoms with van der Waals surface area (Å²) >= 11 is 0. The molecule has 1 unspecified atom stereocenters.